The Bertz CT molecular complexity index is 584. The number of rotatable bonds is 2. The molecule has 0 aliphatic carbocycles. The van der Waals surface area contributed by atoms with Gasteiger partial charge in [0.15, 0.2) is 5.78 Å². The Hall–Kier alpha value is -1.13. The summed E-state index contributed by atoms with van der Waals surface area (Å²) < 4.78 is 6.39. The second-order valence-electron chi connectivity index (χ2n) is 4.67. The first-order valence-corrected chi connectivity index (χ1v) is 6.93. The van der Waals surface area contributed by atoms with E-state index in [-0.39, 0.29) is 11.7 Å². The Morgan fingerprint density at radius 2 is 2.33 bits per heavy atom. The van der Waals surface area contributed by atoms with Gasteiger partial charge >= 0.3 is 0 Å². The van der Waals surface area contributed by atoms with E-state index in [0.29, 0.717) is 6.61 Å². The van der Waals surface area contributed by atoms with Gasteiger partial charge in [0.05, 0.1) is 6.61 Å². The van der Waals surface area contributed by atoms with Crippen LogP contribution >= 0.6 is 15.9 Å². The summed E-state index contributed by atoms with van der Waals surface area (Å²) in [7, 11) is 0. The maximum atomic E-state index is 12.5. The number of aromatic nitrogens is 1. The molecule has 1 fully saturated rings. The van der Waals surface area contributed by atoms with Gasteiger partial charge < -0.3 is 9.72 Å². The molecule has 4 heteroatoms. The topological polar surface area (TPSA) is 42.1 Å². The maximum absolute atomic E-state index is 12.5. The maximum Gasteiger partial charge on any atom is 0.170 e. The van der Waals surface area contributed by atoms with Crippen molar-refractivity contribution in [2.75, 3.05) is 13.2 Å². The predicted molar refractivity (Wildman–Crippen MR) is 73.9 cm³/mol. The molecule has 18 heavy (non-hydrogen) atoms. The molecular formula is C14H14BrNO2. The molecule has 0 saturated carbocycles. The van der Waals surface area contributed by atoms with E-state index in [1.54, 1.807) is 0 Å². The minimum absolute atomic E-state index is 0.0109. The molecule has 0 spiro atoms. The molecule has 3 rings (SSSR count). The first kappa shape index (κ1) is 11.9. The van der Waals surface area contributed by atoms with Gasteiger partial charge in [0.25, 0.3) is 0 Å². The average molecular weight is 308 g/mol. The van der Waals surface area contributed by atoms with Crippen LogP contribution in [-0.4, -0.2) is 24.0 Å². The smallest absolute Gasteiger partial charge is 0.170 e. The van der Waals surface area contributed by atoms with E-state index in [2.05, 4.69) is 20.9 Å². The van der Waals surface area contributed by atoms with Crippen LogP contribution in [0, 0.1) is 5.92 Å². The minimum Gasteiger partial charge on any atom is -0.381 e. The minimum atomic E-state index is 0.0109. The number of ketones is 1. The normalized spacial score (nSPS) is 20.2. The van der Waals surface area contributed by atoms with Gasteiger partial charge in [-0.2, -0.15) is 0 Å². The molecule has 1 saturated heterocycles. The molecule has 2 aromatic rings. The largest absolute Gasteiger partial charge is 0.381 e. The van der Waals surface area contributed by atoms with Crippen molar-refractivity contribution in [1.29, 1.82) is 0 Å². The van der Waals surface area contributed by atoms with Crippen molar-refractivity contribution < 1.29 is 9.53 Å². The number of benzene rings is 1. The number of carbonyl (C=O) groups is 1. The van der Waals surface area contributed by atoms with E-state index in [1.807, 2.05) is 24.4 Å². The van der Waals surface area contributed by atoms with Crippen LogP contribution in [0.25, 0.3) is 10.9 Å². The van der Waals surface area contributed by atoms with Crippen LogP contribution in [-0.2, 0) is 4.74 Å². The van der Waals surface area contributed by atoms with Crippen molar-refractivity contribution in [3.63, 3.8) is 0 Å². The Kier molecular flexibility index (Phi) is 3.22. The second kappa shape index (κ2) is 4.86. The van der Waals surface area contributed by atoms with Crippen LogP contribution in [0.15, 0.2) is 28.9 Å². The van der Waals surface area contributed by atoms with Gasteiger partial charge in [-0.05, 0) is 31.0 Å². The van der Waals surface area contributed by atoms with Crippen molar-refractivity contribution >= 4 is 32.6 Å². The van der Waals surface area contributed by atoms with Gasteiger partial charge in [-0.25, -0.2) is 0 Å². The third-order valence-electron chi connectivity index (χ3n) is 3.44. The summed E-state index contributed by atoms with van der Waals surface area (Å²) in [4.78, 5) is 15.6. The molecule has 2 heterocycles. The molecule has 3 nitrogen and oxygen atoms in total. The van der Waals surface area contributed by atoms with Crippen LogP contribution in [0.5, 0.6) is 0 Å². The SMILES string of the molecule is O=C(c1c[nH]c2ccc(Br)cc12)C1CCCOC1. The number of H-pyrrole nitrogens is 1. The van der Waals surface area contributed by atoms with E-state index < -0.39 is 0 Å². The fourth-order valence-corrected chi connectivity index (χ4v) is 2.83. The zero-order valence-corrected chi connectivity index (χ0v) is 11.5. The second-order valence-corrected chi connectivity index (χ2v) is 5.59. The van der Waals surface area contributed by atoms with E-state index in [0.717, 1.165) is 40.4 Å². The lowest BCUT2D eigenvalue weighted by atomic mass is 9.92. The zero-order valence-electron chi connectivity index (χ0n) is 9.91. The highest BCUT2D eigenvalue weighted by atomic mass is 79.9. The molecule has 1 aromatic heterocycles. The monoisotopic (exact) mass is 307 g/mol. The van der Waals surface area contributed by atoms with Crippen LogP contribution < -0.4 is 0 Å². The number of halogens is 1. The Balaban J connectivity index is 1.98. The lowest BCUT2D eigenvalue weighted by Crippen LogP contribution is -2.25. The molecule has 1 aliphatic heterocycles. The van der Waals surface area contributed by atoms with Crippen molar-refractivity contribution in [2.45, 2.75) is 12.8 Å². The summed E-state index contributed by atoms with van der Waals surface area (Å²) in [5, 5.41) is 0.986. The molecule has 1 unspecified atom stereocenters. The van der Waals surface area contributed by atoms with Gasteiger partial charge in [0.2, 0.25) is 0 Å². The number of carbonyl (C=O) groups excluding carboxylic acids is 1. The summed E-state index contributed by atoms with van der Waals surface area (Å²) in [6.45, 7) is 1.34. The Morgan fingerprint density at radius 1 is 1.44 bits per heavy atom. The van der Waals surface area contributed by atoms with E-state index in [4.69, 9.17) is 4.74 Å². The van der Waals surface area contributed by atoms with Crippen LogP contribution in [0.3, 0.4) is 0 Å². The highest BCUT2D eigenvalue weighted by Crippen LogP contribution is 2.27. The average Bonchev–Trinajstić information content (AvgIpc) is 2.82. The van der Waals surface area contributed by atoms with Gasteiger partial charge in [0.1, 0.15) is 0 Å². The zero-order chi connectivity index (χ0) is 12.5. The summed E-state index contributed by atoms with van der Waals surface area (Å²) in [5.74, 6) is 0.204. The fraction of sp³-hybridized carbons (Fsp3) is 0.357. The number of ether oxygens (including phenoxy) is 1. The number of hydrogen-bond acceptors (Lipinski definition) is 2. The number of hydrogen-bond donors (Lipinski definition) is 1. The molecule has 0 radical (unpaired) electrons. The lowest BCUT2D eigenvalue weighted by molar-refractivity contribution is 0.0462. The Labute approximate surface area is 114 Å². The summed E-state index contributed by atoms with van der Waals surface area (Å²) in [6, 6.07) is 5.94. The Morgan fingerprint density at radius 3 is 3.11 bits per heavy atom. The molecule has 0 amide bonds. The van der Waals surface area contributed by atoms with Crippen LogP contribution in [0.4, 0.5) is 0 Å². The molecule has 94 valence electrons. The van der Waals surface area contributed by atoms with Crippen molar-refractivity contribution in [2.24, 2.45) is 5.92 Å². The third kappa shape index (κ3) is 2.10. The molecule has 1 aliphatic rings. The molecule has 1 atom stereocenters. The standard InChI is InChI=1S/C14H14BrNO2/c15-10-3-4-13-11(6-10)12(7-16-13)14(17)9-2-1-5-18-8-9/h3-4,6-7,9,16H,1-2,5,8H2. The summed E-state index contributed by atoms with van der Waals surface area (Å²) in [5.41, 5.74) is 1.78. The highest BCUT2D eigenvalue weighted by molar-refractivity contribution is 9.10. The number of aromatic amines is 1. The van der Waals surface area contributed by atoms with Crippen LogP contribution in [0.1, 0.15) is 23.2 Å². The van der Waals surface area contributed by atoms with Crippen molar-refractivity contribution in [1.82, 2.24) is 4.98 Å². The van der Waals surface area contributed by atoms with E-state index in [1.165, 1.54) is 0 Å². The first-order chi connectivity index (χ1) is 8.75. The fourth-order valence-electron chi connectivity index (χ4n) is 2.46. The van der Waals surface area contributed by atoms with Gasteiger partial charge in [0, 0.05) is 39.7 Å². The number of Topliss-reactive ketones (excluding diaryl/α,β-unsaturated/α-hetero) is 1. The summed E-state index contributed by atoms with van der Waals surface area (Å²) in [6.07, 6.45) is 3.72. The van der Waals surface area contributed by atoms with Gasteiger partial charge in [-0.3, -0.25) is 4.79 Å². The molecule has 1 N–H and O–H groups in total. The molecular weight excluding hydrogens is 294 g/mol. The predicted octanol–water partition coefficient (Wildman–Crippen LogP) is 3.54. The van der Waals surface area contributed by atoms with E-state index in [9.17, 15) is 4.79 Å². The third-order valence-corrected chi connectivity index (χ3v) is 3.93. The number of fused-ring (bicyclic) bond motifs is 1. The quantitative estimate of drug-likeness (QED) is 0.862. The van der Waals surface area contributed by atoms with Crippen LogP contribution in [0.2, 0.25) is 0 Å². The van der Waals surface area contributed by atoms with Crippen molar-refractivity contribution in [3.05, 3.63) is 34.4 Å². The molecule has 0 bridgehead atoms. The van der Waals surface area contributed by atoms with Crippen molar-refractivity contribution in [3.8, 4) is 0 Å². The summed E-state index contributed by atoms with van der Waals surface area (Å²) >= 11 is 3.45. The number of nitrogens with one attached hydrogen (secondary N) is 1. The van der Waals surface area contributed by atoms with E-state index >= 15 is 0 Å². The first-order valence-electron chi connectivity index (χ1n) is 6.14. The van der Waals surface area contributed by atoms with Gasteiger partial charge in [-0.1, -0.05) is 15.9 Å². The lowest BCUT2D eigenvalue weighted by Gasteiger charge is -2.20. The van der Waals surface area contributed by atoms with Gasteiger partial charge in [-0.15, -0.1) is 0 Å². The molecule has 1 aromatic carbocycles. The highest BCUT2D eigenvalue weighted by Gasteiger charge is 2.24.